The molecular weight excluding hydrogens is 184 g/mol. The van der Waals surface area contributed by atoms with Crippen LogP contribution in [0.25, 0.3) is 0 Å². The van der Waals surface area contributed by atoms with E-state index in [4.69, 9.17) is 14.2 Å². The lowest BCUT2D eigenvalue weighted by atomic mass is 10.1. The van der Waals surface area contributed by atoms with Gasteiger partial charge >= 0.3 is 0 Å². The van der Waals surface area contributed by atoms with Gasteiger partial charge in [-0.3, -0.25) is 0 Å². The quantitative estimate of drug-likeness (QED) is 0.765. The van der Waals surface area contributed by atoms with Crippen LogP contribution in [0.5, 0.6) is 17.2 Å². The van der Waals surface area contributed by atoms with Gasteiger partial charge in [-0.05, 0) is 12.1 Å². The van der Waals surface area contributed by atoms with E-state index in [9.17, 15) is 5.11 Å². The summed E-state index contributed by atoms with van der Waals surface area (Å²) in [5.41, 5.74) is 0.643. The highest BCUT2D eigenvalue weighted by atomic mass is 16.6. The van der Waals surface area contributed by atoms with Gasteiger partial charge in [-0.2, -0.15) is 0 Å². The number of hydrogen-bond donors (Lipinski definition) is 1. The third-order valence-electron chi connectivity index (χ3n) is 2.15. The highest BCUT2D eigenvalue weighted by molar-refractivity contribution is 5.54. The van der Waals surface area contributed by atoms with Gasteiger partial charge in [-0.1, -0.05) is 0 Å². The second kappa shape index (κ2) is 3.75. The predicted octanol–water partition coefficient (Wildman–Crippen LogP) is 0.959. The van der Waals surface area contributed by atoms with Gasteiger partial charge in [-0.15, -0.1) is 0 Å². The van der Waals surface area contributed by atoms with Crippen molar-refractivity contribution in [2.45, 2.75) is 6.61 Å². The Bertz CT molecular complexity index is 320. The minimum atomic E-state index is -0.115. The number of methoxy groups -OCH3 is 1. The molecule has 1 aromatic carbocycles. The molecule has 0 fully saturated rings. The van der Waals surface area contributed by atoms with E-state index < -0.39 is 0 Å². The molecule has 1 aromatic rings. The normalized spacial score (nSPS) is 13.9. The maximum atomic E-state index is 9.19. The molecule has 0 amide bonds. The molecule has 0 aliphatic carbocycles. The summed E-state index contributed by atoms with van der Waals surface area (Å²) in [7, 11) is 1.56. The van der Waals surface area contributed by atoms with Crippen molar-refractivity contribution >= 4 is 0 Å². The number of aliphatic hydroxyl groups is 1. The summed E-state index contributed by atoms with van der Waals surface area (Å²) < 4.78 is 15.9. The van der Waals surface area contributed by atoms with Gasteiger partial charge in [0.15, 0.2) is 11.5 Å². The molecule has 1 heterocycles. The Kier molecular flexibility index (Phi) is 2.45. The fourth-order valence-corrected chi connectivity index (χ4v) is 1.50. The van der Waals surface area contributed by atoms with Crippen molar-refractivity contribution in [3.05, 3.63) is 17.7 Å². The number of aliphatic hydroxyl groups excluding tert-OH is 1. The van der Waals surface area contributed by atoms with Gasteiger partial charge in [0.2, 0.25) is 0 Å². The van der Waals surface area contributed by atoms with Crippen molar-refractivity contribution < 1.29 is 19.3 Å². The topological polar surface area (TPSA) is 47.9 Å². The lowest BCUT2D eigenvalue weighted by Gasteiger charge is -2.21. The van der Waals surface area contributed by atoms with E-state index in [1.807, 2.05) is 0 Å². The van der Waals surface area contributed by atoms with E-state index >= 15 is 0 Å². The molecule has 1 aliphatic heterocycles. The third kappa shape index (κ3) is 1.37. The smallest absolute Gasteiger partial charge is 0.170 e. The monoisotopic (exact) mass is 196 g/mol. The second-order valence-electron chi connectivity index (χ2n) is 2.93. The number of ether oxygens (including phenoxy) is 3. The van der Waals surface area contributed by atoms with E-state index in [0.717, 1.165) is 0 Å². The molecule has 4 heteroatoms. The molecule has 76 valence electrons. The molecular formula is C10H12O4. The van der Waals surface area contributed by atoms with Crippen molar-refractivity contribution in [1.29, 1.82) is 0 Å². The van der Waals surface area contributed by atoms with E-state index in [-0.39, 0.29) is 6.61 Å². The van der Waals surface area contributed by atoms with Gasteiger partial charge < -0.3 is 19.3 Å². The van der Waals surface area contributed by atoms with Crippen LogP contribution in [0.4, 0.5) is 0 Å². The molecule has 0 saturated heterocycles. The molecule has 0 spiro atoms. The zero-order chi connectivity index (χ0) is 9.97. The van der Waals surface area contributed by atoms with Crippen LogP contribution in [-0.2, 0) is 6.61 Å². The van der Waals surface area contributed by atoms with Crippen LogP contribution in [0.15, 0.2) is 12.1 Å². The molecule has 0 saturated carbocycles. The summed E-state index contributed by atoms with van der Waals surface area (Å²) in [5.74, 6) is 1.89. The minimum absolute atomic E-state index is 0.115. The largest absolute Gasteiger partial charge is 0.496 e. The molecule has 0 aromatic heterocycles. The van der Waals surface area contributed by atoms with Gasteiger partial charge in [0, 0.05) is 0 Å². The van der Waals surface area contributed by atoms with E-state index in [1.165, 1.54) is 0 Å². The second-order valence-corrected chi connectivity index (χ2v) is 2.93. The molecule has 4 nitrogen and oxygen atoms in total. The van der Waals surface area contributed by atoms with Crippen LogP contribution in [-0.4, -0.2) is 25.4 Å². The maximum Gasteiger partial charge on any atom is 0.170 e. The lowest BCUT2D eigenvalue weighted by molar-refractivity contribution is 0.163. The van der Waals surface area contributed by atoms with Crippen molar-refractivity contribution in [2.24, 2.45) is 0 Å². The Labute approximate surface area is 82.0 Å². The first kappa shape index (κ1) is 9.15. The zero-order valence-corrected chi connectivity index (χ0v) is 7.95. The Balaban J connectivity index is 2.50. The Morgan fingerprint density at radius 2 is 2.14 bits per heavy atom. The molecule has 14 heavy (non-hydrogen) atoms. The van der Waals surface area contributed by atoms with Crippen LogP contribution in [0.1, 0.15) is 5.56 Å². The van der Waals surface area contributed by atoms with Gasteiger partial charge in [0.05, 0.1) is 19.3 Å². The van der Waals surface area contributed by atoms with Crippen LogP contribution < -0.4 is 14.2 Å². The molecule has 0 bridgehead atoms. The molecule has 0 radical (unpaired) electrons. The summed E-state index contributed by atoms with van der Waals surface area (Å²) in [6, 6.07) is 3.55. The Morgan fingerprint density at radius 3 is 2.86 bits per heavy atom. The first-order chi connectivity index (χ1) is 6.86. The molecule has 2 rings (SSSR count). The van der Waals surface area contributed by atoms with Crippen LogP contribution in [0, 0.1) is 0 Å². The van der Waals surface area contributed by atoms with Gasteiger partial charge in [0.25, 0.3) is 0 Å². The van der Waals surface area contributed by atoms with Crippen molar-refractivity contribution in [3.8, 4) is 17.2 Å². The summed E-state index contributed by atoms with van der Waals surface area (Å²) in [4.78, 5) is 0. The number of fused-ring (bicyclic) bond motifs is 1. The average molecular weight is 196 g/mol. The van der Waals surface area contributed by atoms with E-state index in [1.54, 1.807) is 19.2 Å². The zero-order valence-electron chi connectivity index (χ0n) is 7.95. The Hall–Kier alpha value is -1.42. The number of rotatable bonds is 2. The lowest BCUT2D eigenvalue weighted by Crippen LogP contribution is -2.16. The third-order valence-corrected chi connectivity index (χ3v) is 2.15. The first-order valence-corrected chi connectivity index (χ1v) is 4.43. The van der Waals surface area contributed by atoms with Crippen LogP contribution in [0.3, 0.4) is 0 Å². The van der Waals surface area contributed by atoms with Crippen molar-refractivity contribution in [2.75, 3.05) is 20.3 Å². The fraction of sp³-hybridized carbons (Fsp3) is 0.400. The summed E-state index contributed by atoms with van der Waals surface area (Å²) in [5, 5.41) is 9.19. The summed E-state index contributed by atoms with van der Waals surface area (Å²) in [6.45, 7) is 0.938. The highest BCUT2D eigenvalue weighted by Gasteiger charge is 2.18. The molecule has 1 N–H and O–H groups in total. The predicted molar refractivity (Wildman–Crippen MR) is 49.9 cm³/mol. The van der Waals surface area contributed by atoms with E-state index in [2.05, 4.69) is 0 Å². The van der Waals surface area contributed by atoms with Gasteiger partial charge in [-0.25, -0.2) is 0 Å². The van der Waals surface area contributed by atoms with Crippen molar-refractivity contribution in [3.63, 3.8) is 0 Å². The maximum absolute atomic E-state index is 9.19. The van der Waals surface area contributed by atoms with Crippen LogP contribution in [0.2, 0.25) is 0 Å². The molecule has 0 unspecified atom stereocenters. The standard InChI is InChI=1S/C10H12O4/c1-12-8-2-3-9-10(7(8)6-11)14-5-4-13-9/h2-3,11H,4-6H2,1H3. The minimum Gasteiger partial charge on any atom is -0.496 e. The molecule has 1 aliphatic rings. The number of benzene rings is 1. The Morgan fingerprint density at radius 1 is 1.36 bits per heavy atom. The number of hydrogen-bond acceptors (Lipinski definition) is 4. The average Bonchev–Trinajstić information content (AvgIpc) is 2.27. The molecule has 0 atom stereocenters. The first-order valence-electron chi connectivity index (χ1n) is 4.43. The van der Waals surface area contributed by atoms with Gasteiger partial charge in [0.1, 0.15) is 19.0 Å². The summed E-state index contributed by atoms with van der Waals surface area (Å²) >= 11 is 0. The highest BCUT2D eigenvalue weighted by Crippen LogP contribution is 2.39. The fourth-order valence-electron chi connectivity index (χ4n) is 1.50. The van der Waals surface area contributed by atoms with Crippen molar-refractivity contribution in [1.82, 2.24) is 0 Å². The van der Waals surface area contributed by atoms with Crippen LogP contribution >= 0.6 is 0 Å². The van der Waals surface area contributed by atoms with E-state index in [0.29, 0.717) is 36.0 Å². The SMILES string of the molecule is COc1ccc2c(c1CO)OCCO2. The summed E-state index contributed by atoms with van der Waals surface area (Å²) in [6.07, 6.45) is 0.